The van der Waals surface area contributed by atoms with E-state index in [0.717, 1.165) is 11.3 Å². The molecule has 0 saturated heterocycles. The maximum Gasteiger partial charge on any atom is 0.231 e. The number of ether oxygens (including phenoxy) is 2. The Balaban J connectivity index is 1.78. The van der Waals surface area contributed by atoms with Crippen LogP contribution in [0, 0.1) is 0 Å². The summed E-state index contributed by atoms with van der Waals surface area (Å²) in [5.74, 6) is 2.29. The molecule has 0 fully saturated rings. The lowest BCUT2D eigenvalue weighted by atomic mass is 10.1. The minimum atomic E-state index is -0.0889. The van der Waals surface area contributed by atoms with Crippen molar-refractivity contribution in [1.29, 1.82) is 0 Å². The minimum Gasteiger partial charge on any atom is -0.454 e. The second kappa shape index (κ2) is 6.10. The molecule has 0 bridgehead atoms. The van der Waals surface area contributed by atoms with E-state index in [1.165, 1.54) is 0 Å². The summed E-state index contributed by atoms with van der Waals surface area (Å²) in [5.41, 5.74) is 12.7. The van der Waals surface area contributed by atoms with Crippen LogP contribution in [0.25, 0.3) is 10.9 Å². The zero-order chi connectivity index (χ0) is 17.4. The highest BCUT2D eigenvalue weighted by atomic mass is 35.5. The maximum absolute atomic E-state index is 6.26. The summed E-state index contributed by atoms with van der Waals surface area (Å²) in [6.07, 6.45) is 0.492. The Labute approximate surface area is 148 Å². The Morgan fingerprint density at radius 1 is 1.12 bits per heavy atom. The zero-order valence-electron chi connectivity index (χ0n) is 13.1. The number of rotatable bonds is 3. The largest absolute Gasteiger partial charge is 0.454 e. The summed E-state index contributed by atoms with van der Waals surface area (Å²) in [7, 11) is 0. The van der Waals surface area contributed by atoms with Crippen LogP contribution in [0.2, 0.25) is 5.02 Å². The van der Waals surface area contributed by atoms with Crippen molar-refractivity contribution in [3.05, 3.63) is 52.8 Å². The molecule has 3 aromatic rings. The summed E-state index contributed by atoms with van der Waals surface area (Å²) >= 11 is 6.26. The third-order valence-corrected chi connectivity index (χ3v) is 4.05. The maximum atomic E-state index is 6.26. The van der Waals surface area contributed by atoms with Gasteiger partial charge in [-0.05, 0) is 29.8 Å². The van der Waals surface area contributed by atoms with Gasteiger partial charge in [0.1, 0.15) is 5.82 Å². The van der Waals surface area contributed by atoms with Gasteiger partial charge in [-0.3, -0.25) is 0 Å². The second-order valence-corrected chi connectivity index (χ2v) is 5.91. The molecule has 0 spiro atoms. The molecule has 0 radical (unpaired) electrons. The summed E-state index contributed by atoms with van der Waals surface area (Å²) < 4.78 is 10.7. The Morgan fingerprint density at radius 2 is 1.96 bits per heavy atom. The molecular weight excluding hydrogens is 342 g/mol. The van der Waals surface area contributed by atoms with Gasteiger partial charge in [-0.2, -0.15) is 4.99 Å². The smallest absolute Gasteiger partial charge is 0.231 e. The number of fused-ring (bicyclic) bond motifs is 2. The molecule has 7 nitrogen and oxygen atoms in total. The van der Waals surface area contributed by atoms with Gasteiger partial charge in [0.15, 0.2) is 23.3 Å². The van der Waals surface area contributed by atoms with Gasteiger partial charge in [0.05, 0.1) is 15.9 Å². The van der Waals surface area contributed by atoms with Gasteiger partial charge in [-0.15, -0.1) is 0 Å². The summed E-state index contributed by atoms with van der Waals surface area (Å²) in [5, 5.41) is 1.11. The van der Waals surface area contributed by atoms with E-state index < -0.39 is 0 Å². The number of guanidine groups is 1. The molecule has 25 heavy (non-hydrogen) atoms. The number of nitrogens with two attached hydrogens (primary N) is 2. The first kappa shape index (κ1) is 15.5. The molecular formula is C17H14ClN5O2. The normalized spacial score (nSPS) is 12.4. The lowest BCUT2D eigenvalue weighted by Crippen LogP contribution is -2.22. The molecule has 8 heteroatoms. The average molecular weight is 356 g/mol. The monoisotopic (exact) mass is 355 g/mol. The van der Waals surface area contributed by atoms with Gasteiger partial charge in [0.25, 0.3) is 0 Å². The first-order valence-corrected chi connectivity index (χ1v) is 7.91. The SMILES string of the molecule is NC(N)=Nc1nc(Cc2ccc3c(c2)OCO3)nc2cccc(Cl)c12. The summed E-state index contributed by atoms with van der Waals surface area (Å²) in [6.45, 7) is 0.235. The predicted molar refractivity (Wildman–Crippen MR) is 95.4 cm³/mol. The molecule has 1 aromatic heterocycles. The number of aliphatic imine (C=N–C) groups is 1. The van der Waals surface area contributed by atoms with Crippen molar-refractivity contribution in [3.8, 4) is 11.5 Å². The Kier molecular flexibility index (Phi) is 3.77. The molecule has 1 aliphatic rings. The highest BCUT2D eigenvalue weighted by Crippen LogP contribution is 2.34. The summed E-state index contributed by atoms with van der Waals surface area (Å²) in [4.78, 5) is 13.2. The number of aromatic nitrogens is 2. The Bertz CT molecular complexity index is 1000. The van der Waals surface area contributed by atoms with Crippen molar-refractivity contribution in [2.75, 3.05) is 6.79 Å². The molecule has 1 aliphatic heterocycles. The standard InChI is InChI=1S/C17H14ClN5O2/c18-10-2-1-3-11-15(10)16(23-17(19)20)22-14(21-11)7-9-4-5-12-13(6-9)25-8-24-12/h1-6H,7-8H2,(H4,19,20,21,22,23). The van der Waals surface area contributed by atoms with Gasteiger partial charge >= 0.3 is 0 Å². The predicted octanol–water partition coefficient (Wildman–Crippen LogP) is 2.51. The van der Waals surface area contributed by atoms with E-state index in [9.17, 15) is 0 Å². The van der Waals surface area contributed by atoms with E-state index in [2.05, 4.69) is 15.0 Å². The van der Waals surface area contributed by atoms with Crippen molar-refractivity contribution < 1.29 is 9.47 Å². The van der Waals surface area contributed by atoms with Crippen molar-refractivity contribution in [1.82, 2.24) is 9.97 Å². The van der Waals surface area contributed by atoms with Crippen LogP contribution in [0.3, 0.4) is 0 Å². The van der Waals surface area contributed by atoms with Crippen LogP contribution in [-0.4, -0.2) is 22.7 Å². The van der Waals surface area contributed by atoms with Gasteiger partial charge in [-0.1, -0.05) is 23.7 Å². The molecule has 0 amide bonds. The fourth-order valence-electron chi connectivity index (χ4n) is 2.69. The third-order valence-electron chi connectivity index (χ3n) is 3.73. The lowest BCUT2D eigenvalue weighted by molar-refractivity contribution is 0.174. The molecule has 2 aromatic carbocycles. The van der Waals surface area contributed by atoms with Crippen LogP contribution in [0.1, 0.15) is 11.4 Å². The molecule has 4 rings (SSSR count). The first-order chi connectivity index (χ1) is 12.1. The first-order valence-electron chi connectivity index (χ1n) is 7.53. The van der Waals surface area contributed by atoms with E-state index in [-0.39, 0.29) is 12.8 Å². The average Bonchev–Trinajstić information content (AvgIpc) is 3.02. The van der Waals surface area contributed by atoms with Gasteiger partial charge in [-0.25, -0.2) is 9.97 Å². The van der Waals surface area contributed by atoms with Crippen molar-refractivity contribution in [2.24, 2.45) is 16.5 Å². The second-order valence-electron chi connectivity index (χ2n) is 5.50. The molecule has 126 valence electrons. The van der Waals surface area contributed by atoms with Gasteiger partial charge in [0, 0.05) is 6.42 Å². The van der Waals surface area contributed by atoms with Crippen LogP contribution in [0.15, 0.2) is 41.4 Å². The summed E-state index contributed by atoms with van der Waals surface area (Å²) in [6, 6.07) is 11.1. The quantitative estimate of drug-likeness (QED) is 0.552. The number of hydrogen-bond acceptors (Lipinski definition) is 5. The van der Waals surface area contributed by atoms with Crippen LogP contribution in [0.5, 0.6) is 11.5 Å². The van der Waals surface area contributed by atoms with Crippen molar-refractivity contribution in [2.45, 2.75) is 6.42 Å². The molecule has 0 saturated carbocycles. The Hall–Kier alpha value is -3.06. The van der Waals surface area contributed by atoms with Crippen LogP contribution in [0.4, 0.5) is 5.82 Å². The number of hydrogen-bond donors (Lipinski definition) is 2. The minimum absolute atomic E-state index is 0.0889. The van der Waals surface area contributed by atoms with E-state index in [1.54, 1.807) is 6.07 Å². The van der Waals surface area contributed by atoms with E-state index in [4.69, 9.17) is 32.5 Å². The number of benzene rings is 2. The topological polar surface area (TPSA) is 109 Å². The van der Waals surface area contributed by atoms with Crippen LogP contribution >= 0.6 is 11.6 Å². The number of halogens is 1. The van der Waals surface area contributed by atoms with Crippen LogP contribution in [-0.2, 0) is 6.42 Å². The highest BCUT2D eigenvalue weighted by Gasteiger charge is 2.15. The number of nitrogens with zero attached hydrogens (tertiary/aromatic N) is 3. The third kappa shape index (κ3) is 3.01. The zero-order valence-corrected chi connectivity index (χ0v) is 13.8. The van der Waals surface area contributed by atoms with Crippen molar-refractivity contribution in [3.63, 3.8) is 0 Å². The van der Waals surface area contributed by atoms with Gasteiger partial charge < -0.3 is 20.9 Å². The molecule has 0 atom stereocenters. The molecule has 0 unspecified atom stereocenters. The Morgan fingerprint density at radius 3 is 2.80 bits per heavy atom. The fraction of sp³-hybridized carbons (Fsp3) is 0.118. The molecule has 0 aliphatic carbocycles. The molecule has 4 N–H and O–H groups in total. The van der Waals surface area contributed by atoms with E-state index in [0.29, 0.717) is 39.7 Å². The van der Waals surface area contributed by atoms with E-state index >= 15 is 0 Å². The fourth-order valence-corrected chi connectivity index (χ4v) is 2.94. The van der Waals surface area contributed by atoms with Crippen molar-refractivity contribution >= 4 is 34.3 Å². The highest BCUT2D eigenvalue weighted by molar-refractivity contribution is 6.36. The molecule has 2 heterocycles. The van der Waals surface area contributed by atoms with Gasteiger partial charge in [0.2, 0.25) is 6.79 Å². The van der Waals surface area contributed by atoms with Crippen LogP contribution < -0.4 is 20.9 Å². The lowest BCUT2D eigenvalue weighted by Gasteiger charge is -2.08. The van der Waals surface area contributed by atoms with E-state index in [1.807, 2.05) is 30.3 Å².